The van der Waals surface area contributed by atoms with Crippen molar-refractivity contribution in [2.75, 3.05) is 19.6 Å². The molecule has 2 fully saturated rings. The average molecular weight is 274 g/mol. The number of benzene rings is 1. The molecule has 0 radical (unpaired) electrons. The third kappa shape index (κ3) is 3.02. The summed E-state index contributed by atoms with van der Waals surface area (Å²) in [5.41, 5.74) is 1.83. The van der Waals surface area contributed by atoms with Crippen LogP contribution in [0.3, 0.4) is 0 Å². The van der Waals surface area contributed by atoms with E-state index in [9.17, 15) is 9.90 Å². The maximum Gasteiger partial charge on any atom is 0.234 e. The Balaban J connectivity index is 1.39. The molecule has 20 heavy (non-hydrogen) atoms. The standard InChI is InChI=1S/C16H22N2O2/c1-12-2-4-13(5-3-12)8-17-15(19)9-18-10-16(20,11-18)14-6-7-14/h2-5,14,20H,6-11H2,1H3,(H,17,19). The van der Waals surface area contributed by atoms with Gasteiger partial charge in [0.2, 0.25) is 5.91 Å². The molecular weight excluding hydrogens is 252 g/mol. The van der Waals surface area contributed by atoms with E-state index in [0.29, 0.717) is 32.1 Å². The smallest absolute Gasteiger partial charge is 0.234 e. The van der Waals surface area contributed by atoms with Crippen LogP contribution >= 0.6 is 0 Å². The molecule has 0 unspecified atom stereocenters. The van der Waals surface area contributed by atoms with E-state index in [1.54, 1.807) is 0 Å². The lowest BCUT2D eigenvalue weighted by atomic mass is 9.89. The van der Waals surface area contributed by atoms with E-state index in [-0.39, 0.29) is 5.91 Å². The van der Waals surface area contributed by atoms with Gasteiger partial charge in [-0.1, -0.05) is 29.8 Å². The SMILES string of the molecule is Cc1ccc(CNC(=O)CN2CC(O)(C3CC3)C2)cc1. The van der Waals surface area contributed by atoms with E-state index in [0.717, 1.165) is 18.4 Å². The molecule has 4 nitrogen and oxygen atoms in total. The number of rotatable bonds is 5. The first-order valence-electron chi connectivity index (χ1n) is 7.32. The highest BCUT2D eigenvalue weighted by atomic mass is 16.3. The summed E-state index contributed by atoms with van der Waals surface area (Å²) in [6.07, 6.45) is 2.29. The number of hydrogen-bond acceptors (Lipinski definition) is 3. The largest absolute Gasteiger partial charge is 0.387 e. The van der Waals surface area contributed by atoms with Gasteiger partial charge in [0.15, 0.2) is 0 Å². The summed E-state index contributed by atoms with van der Waals surface area (Å²) in [7, 11) is 0. The fourth-order valence-electron chi connectivity index (χ4n) is 2.88. The molecule has 4 heteroatoms. The zero-order valence-corrected chi connectivity index (χ0v) is 11.9. The van der Waals surface area contributed by atoms with E-state index >= 15 is 0 Å². The second-order valence-corrected chi connectivity index (χ2v) is 6.29. The van der Waals surface area contributed by atoms with Crippen LogP contribution in [0.25, 0.3) is 0 Å². The normalized spacial score (nSPS) is 21.3. The molecule has 2 aliphatic rings. The van der Waals surface area contributed by atoms with Gasteiger partial charge in [0.1, 0.15) is 0 Å². The fourth-order valence-corrected chi connectivity index (χ4v) is 2.88. The third-order valence-corrected chi connectivity index (χ3v) is 4.31. The quantitative estimate of drug-likeness (QED) is 0.844. The first-order chi connectivity index (χ1) is 9.55. The predicted molar refractivity (Wildman–Crippen MR) is 77.1 cm³/mol. The van der Waals surface area contributed by atoms with Crippen LogP contribution < -0.4 is 5.32 Å². The number of amides is 1. The molecule has 1 aromatic rings. The molecule has 3 rings (SSSR count). The van der Waals surface area contributed by atoms with E-state index in [1.807, 2.05) is 36.1 Å². The van der Waals surface area contributed by atoms with Crippen molar-refractivity contribution in [2.24, 2.45) is 5.92 Å². The summed E-state index contributed by atoms with van der Waals surface area (Å²) in [6.45, 7) is 4.30. The highest BCUT2D eigenvalue weighted by molar-refractivity contribution is 5.78. The van der Waals surface area contributed by atoms with Crippen molar-refractivity contribution < 1.29 is 9.90 Å². The van der Waals surface area contributed by atoms with Crippen LogP contribution in [-0.2, 0) is 11.3 Å². The van der Waals surface area contributed by atoms with Gasteiger partial charge in [-0.25, -0.2) is 0 Å². The van der Waals surface area contributed by atoms with Crippen molar-refractivity contribution in [1.82, 2.24) is 10.2 Å². The molecule has 1 heterocycles. The minimum absolute atomic E-state index is 0.0309. The maximum atomic E-state index is 11.8. The van der Waals surface area contributed by atoms with Crippen LogP contribution in [0, 0.1) is 12.8 Å². The molecule has 0 aromatic heterocycles. The molecule has 1 amide bonds. The lowest BCUT2D eigenvalue weighted by Gasteiger charge is -2.46. The number of hydrogen-bond donors (Lipinski definition) is 2. The van der Waals surface area contributed by atoms with Crippen LogP contribution in [0.4, 0.5) is 0 Å². The Bertz CT molecular complexity index is 488. The zero-order valence-electron chi connectivity index (χ0n) is 11.9. The van der Waals surface area contributed by atoms with Gasteiger partial charge >= 0.3 is 0 Å². The van der Waals surface area contributed by atoms with Crippen molar-refractivity contribution in [3.8, 4) is 0 Å². The first kappa shape index (κ1) is 13.6. The maximum absolute atomic E-state index is 11.8. The second-order valence-electron chi connectivity index (χ2n) is 6.29. The summed E-state index contributed by atoms with van der Waals surface area (Å²) >= 11 is 0. The highest BCUT2D eigenvalue weighted by Gasteiger charge is 2.51. The molecule has 1 saturated carbocycles. The van der Waals surface area contributed by atoms with Crippen molar-refractivity contribution >= 4 is 5.91 Å². The van der Waals surface area contributed by atoms with Crippen LogP contribution in [0.1, 0.15) is 24.0 Å². The van der Waals surface area contributed by atoms with Gasteiger partial charge in [-0.05, 0) is 31.2 Å². The van der Waals surface area contributed by atoms with E-state index in [4.69, 9.17) is 0 Å². The minimum atomic E-state index is -0.503. The number of aryl methyl sites for hydroxylation is 1. The van der Waals surface area contributed by atoms with Crippen LogP contribution in [-0.4, -0.2) is 41.1 Å². The van der Waals surface area contributed by atoms with Crippen molar-refractivity contribution in [3.63, 3.8) is 0 Å². The van der Waals surface area contributed by atoms with Gasteiger partial charge in [0, 0.05) is 19.6 Å². The van der Waals surface area contributed by atoms with Gasteiger partial charge in [0.25, 0.3) is 0 Å². The van der Waals surface area contributed by atoms with Gasteiger partial charge < -0.3 is 10.4 Å². The Labute approximate surface area is 119 Å². The monoisotopic (exact) mass is 274 g/mol. The van der Waals surface area contributed by atoms with E-state index < -0.39 is 5.60 Å². The molecule has 1 aromatic carbocycles. The molecule has 1 saturated heterocycles. The Morgan fingerprint density at radius 1 is 1.35 bits per heavy atom. The molecule has 108 valence electrons. The van der Waals surface area contributed by atoms with Gasteiger partial charge in [-0.15, -0.1) is 0 Å². The minimum Gasteiger partial charge on any atom is -0.387 e. The van der Waals surface area contributed by atoms with Crippen LogP contribution in [0.2, 0.25) is 0 Å². The molecule has 1 aliphatic heterocycles. The van der Waals surface area contributed by atoms with Crippen LogP contribution in [0.5, 0.6) is 0 Å². The average Bonchev–Trinajstić information content (AvgIpc) is 3.20. The molecule has 1 aliphatic carbocycles. The van der Waals surface area contributed by atoms with Crippen LogP contribution in [0.15, 0.2) is 24.3 Å². The van der Waals surface area contributed by atoms with Crippen molar-refractivity contribution in [3.05, 3.63) is 35.4 Å². The molecular formula is C16H22N2O2. The predicted octanol–water partition coefficient (Wildman–Crippen LogP) is 1.07. The Hall–Kier alpha value is -1.39. The number of likely N-dealkylation sites (tertiary alicyclic amines) is 1. The number of β-amino-alcohol motifs (C(OH)–C–C–N with tert-alkyl or cyclic N) is 1. The summed E-state index contributed by atoms with van der Waals surface area (Å²) in [4.78, 5) is 13.9. The summed E-state index contributed by atoms with van der Waals surface area (Å²) < 4.78 is 0. The number of aliphatic hydroxyl groups is 1. The number of nitrogens with one attached hydrogen (secondary N) is 1. The summed E-state index contributed by atoms with van der Waals surface area (Å²) in [5.74, 6) is 0.512. The van der Waals surface area contributed by atoms with Gasteiger partial charge in [0.05, 0.1) is 12.1 Å². The lowest BCUT2D eigenvalue weighted by molar-refractivity contribution is -0.136. The molecule has 0 atom stereocenters. The molecule has 2 N–H and O–H groups in total. The van der Waals surface area contributed by atoms with E-state index in [1.165, 1.54) is 5.56 Å². The number of nitrogens with zero attached hydrogens (tertiary/aromatic N) is 1. The van der Waals surface area contributed by atoms with Crippen molar-refractivity contribution in [1.29, 1.82) is 0 Å². The topological polar surface area (TPSA) is 52.6 Å². The van der Waals surface area contributed by atoms with Crippen molar-refractivity contribution in [2.45, 2.75) is 31.9 Å². The first-order valence-corrected chi connectivity index (χ1v) is 7.32. The molecule has 0 bridgehead atoms. The number of carbonyl (C=O) groups is 1. The zero-order chi connectivity index (χ0) is 14.2. The van der Waals surface area contributed by atoms with E-state index in [2.05, 4.69) is 5.32 Å². The third-order valence-electron chi connectivity index (χ3n) is 4.31. The Morgan fingerprint density at radius 3 is 2.60 bits per heavy atom. The highest BCUT2D eigenvalue weighted by Crippen LogP contribution is 2.44. The number of carbonyl (C=O) groups excluding carboxylic acids is 1. The molecule has 0 spiro atoms. The Kier molecular flexibility index (Phi) is 3.52. The lowest BCUT2D eigenvalue weighted by Crippen LogP contribution is -2.64. The van der Waals surface area contributed by atoms with Gasteiger partial charge in [-0.2, -0.15) is 0 Å². The van der Waals surface area contributed by atoms with Gasteiger partial charge in [-0.3, -0.25) is 9.69 Å². The summed E-state index contributed by atoms with van der Waals surface area (Å²) in [5, 5.41) is 13.1. The fraction of sp³-hybridized carbons (Fsp3) is 0.562. The summed E-state index contributed by atoms with van der Waals surface area (Å²) in [6, 6.07) is 8.16. The Morgan fingerprint density at radius 2 is 2.00 bits per heavy atom. The second kappa shape index (κ2) is 5.19.